The lowest BCUT2D eigenvalue weighted by atomic mass is 10.1. The van der Waals surface area contributed by atoms with Crippen LogP contribution in [0.1, 0.15) is 20.9 Å². The number of nitrogens with one attached hydrogen (secondary N) is 2. The molecule has 1 amide bonds. The Morgan fingerprint density at radius 2 is 1.83 bits per heavy atom. The van der Waals surface area contributed by atoms with Crippen LogP contribution >= 0.6 is 11.3 Å². The van der Waals surface area contributed by atoms with Gasteiger partial charge in [-0.3, -0.25) is 14.9 Å². The fourth-order valence-electron chi connectivity index (χ4n) is 3.20. The van der Waals surface area contributed by atoms with E-state index in [-0.39, 0.29) is 5.13 Å². The number of aryl methyl sites for hydroxylation is 2. The predicted octanol–water partition coefficient (Wildman–Crippen LogP) is 5.01. The largest absolute Gasteiger partial charge is 0.358 e. The molecule has 8 heteroatoms. The molecule has 4 aromatic rings. The summed E-state index contributed by atoms with van der Waals surface area (Å²) in [6.45, 7) is 3.48. The van der Waals surface area contributed by atoms with E-state index in [4.69, 9.17) is 0 Å². The number of carbonyl (C=O) groups is 2. The maximum absolute atomic E-state index is 13.5. The number of aromatic amines is 1. The third-order valence-corrected chi connectivity index (χ3v) is 5.42. The van der Waals surface area contributed by atoms with Gasteiger partial charge in [0.2, 0.25) is 0 Å². The van der Waals surface area contributed by atoms with Crippen LogP contribution in [0.5, 0.6) is 0 Å². The van der Waals surface area contributed by atoms with Gasteiger partial charge in [0.1, 0.15) is 0 Å². The van der Waals surface area contributed by atoms with Gasteiger partial charge in [0.15, 0.2) is 16.8 Å². The molecular formula is C21H15F2N3O2S. The number of fused-ring (bicyclic) bond motifs is 1. The molecule has 0 spiro atoms. The normalized spacial score (nSPS) is 11.0. The maximum atomic E-state index is 13.5. The van der Waals surface area contributed by atoms with Crippen molar-refractivity contribution in [1.29, 1.82) is 0 Å². The predicted molar refractivity (Wildman–Crippen MR) is 108 cm³/mol. The minimum Gasteiger partial charge on any atom is -0.358 e. The second-order valence-electron chi connectivity index (χ2n) is 6.51. The summed E-state index contributed by atoms with van der Waals surface area (Å²) in [5.74, 6) is -3.43. The second kappa shape index (κ2) is 7.21. The van der Waals surface area contributed by atoms with Crippen LogP contribution in [-0.4, -0.2) is 21.7 Å². The summed E-state index contributed by atoms with van der Waals surface area (Å²) in [4.78, 5) is 33.4. The molecule has 0 aliphatic heterocycles. The highest BCUT2D eigenvalue weighted by atomic mass is 32.1. The van der Waals surface area contributed by atoms with Gasteiger partial charge in [-0.25, -0.2) is 13.8 Å². The van der Waals surface area contributed by atoms with Gasteiger partial charge in [0.25, 0.3) is 11.7 Å². The van der Waals surface area contributed by atoms with Gasteiger partial charge >= 0.3 is 0 Å². The van der Waals surface area contributed by atoms with Gasteiger partial charge in [-0.05, 0) is 38.1 Å². The first-order valence-electron chi connectivity index (χ1n) is 8.71. The van der Waals surface area contributed by atoms with Crippen LogP contribution in [0, 0.1) is 25.5 Å². The van der Waals surface area contributed by atoms with E-state index in [2.05, 4.69) is 15.3 Å². The molecule has 0 atom stereocenters. The van der Waals surface area contributed by atoms with E-state index >= 15 is 0 Å². The molecule has 0 bridgehead atoms. The molecular weight excluding hydrogens is 396 g/mol. The lowest BCUT2D eigenvalue weighted by molar-refractivity contribution is -0.112. The fourth-order valence-corrected chi connectivity index (χ4v) is 4.03. The third kappa shape index (κ3) is 3.42. The number of anilines is 1. The molecule has 2 aromatic heterocycles. The van der Waals surface area contributed by atoms with E-state index in [9.17, 15) is 18.4 Å². The first-order chi connectivity index (χ1) is 13.8. The Kier molecular flexibility index (Phi) is 4.71. The monoisotopic (exact) mass is 411 g/mol. The van der Waals surface area contributed by atoms with Crippen LogP contribution in [0.25, 0.3) is 22.2 Å². The Labute approximate surface area is 168 Å². The Bertz CT molecular complexity index is 1280. The van der Waals surface area contributed by atoms with Crippen molar-refractivity contribution in [3.63, 3.8) is 0 Å². The van der Waals surface area contributed by atoms with Gasteiger partial charge in [-0.15, -0.1) is 11.3 Å². The van der Waals surface area contributed by atoms with Gasteiger partial charge < -0.3 is 4.98 Å². The molecule has 0 fully saturated rings. The fraction of sp³-hybridized carbons (Fsp3) is 0.0952. The summed E-state index contributed by atoms with van der Waals surface area (Å²) in [6.07, 6.45) is 0. The van der Waals surface area contributed by atoms with E-state index in [0.29, 0.717) is 32.8 Å². The van der Waals surface area contributed by atoms with E-state index in [1.54, 1.807) is 26.0 Å². The number of aromatic nitrogens is 2. The third-order valence-electron chi connectivity index (χ3n) is 4.54. The van der Waals surface area contributed by atoms with Crippen LogP contribution < -0.4 is 5.32 Å². The van der Waals surface area contributed by atoms with Crippen LogP contribution in [0.15, 0.2) is 42.5 Å². The number of carbonyl (C=O) groups excluding carboxylic acids is 2. The topological polar surface area (TPSA) is 74.8 Å². The summed E-state index contributed by atoms with van der Waals surface area (Å²) in [6, 6.07) is 10.7. The molecule has 0 saturated heterocycles. The van der Waals surface area contributed by atoms with E-state index in [1.165, 1.54) is 6.07 Å². The Morgan fingerprint density at radius 3 is 2.59 bits per heavy atom. The standard InChI is InChI=1S/C21H15F2N3O2S/c1-10-17(13-5-3-4-6-16(13)24-10)19(27)20(28)26-21-25-18(11(2)29-21)12-7-8-14(22)15(23)9-12/h3-9,24H,1-2H3,(H,25,26,28). The van der Waals surface area contributed by atoms with E-state index < -0.39 is 23.3 Å². The number of hydrogen-bond donors (Lipinski definition) is 2. The summed E-state index contributed by atoms with van der Waals surface area (Å²) >= 11 is 1.15. The minimum atomic E-state index is -0.981. The van der Waals surface area contributed by atoms with Crippen LogP contribution in [-0.2, 0) is 4.79 Å². The molecule has 2 heterocycles. The Hall–Kier alpha value is -3.39. The highest BCUT2D eigenvalue weighted by Crippen LogP contribution is 2.31. The average Bonchev–Trinajstić information content (AvgIpc) is 3.22. The molecule has 0 aliphatic carbocycles. The Balaban J connectivity index is 1.61. The number of halogens is 2. The van der Waals surface area contributed by atoms with Crippen molar-refractivity contribution in [2.24, 2.45) is 0 Å². The number of ketones is 1. The molecule has 2 aromatic carbocycles. The molecule has 4 rings (SSSR count). The number of hydrogen-bond acceptors (Lipinski definition) is 4. The molecule has 0 saturated carbocycles. The van der Waals surface area contributed by atoms with Gasteiger partial charge in [0.05, 0.1) is 11.3 Å². The van der Waals surface area contributed by atoms with Gasteiger partial charge in [0, 0.05) is 27.0 Å². The van der Waals surface area contributed by atoms with Gasteiger partial charge in [-0.2, -0.15) is 0 Å². The second-order valence-corrected chi connectivity index (χ2v) is 7.71. The molecule has 146 valence electrons. The zero-order chi connectivity index (χ0) is 20.7. The number of H-pyrrole nitrogens is 1. The molecule has 0 unspecified atom stereocenters. The number of benzene rings is 2. The summed E-state index contributed by atoms with van der Waals surface area (Å²) in [5, 5.41) is 3.39. The molecule has 2 N–H and O–H groups in total. The van der Waals surface area contributed by atoms with Crippen molar-refractivity contribution in [3.8, 4) is 11.3 Å². The van der Waals surface area contributed by atoms with Crippen LogP contribution in [0.3, 0.4) is 0 Å². The van der Waals surface area contributed by atoms with Crippen molar-refractivity contribution < 1.29 is 18.4 Å². The van der Waals surface area contributed by atoms with E-state index in [1.807, 2.05) is 12.1 Å². The van der Waals surface area contributed by atoms with Crippen LogP contribution in [0.2, 0.25) is 0 Å². The van der Waals surface area contributed by atoms with Crippen molar-refractivity contribution in [3.05, 3.63) is 70.2 Å². The van der Waals surface area contributed by atoms with Crippen molar-refractivity contribution in [2.75, 3.05) is 5.32 Å². The lowest BCUT2D eigenvalue weighted by Gasteiger charge is -2.02. The zero-order valence-corrected chi connectivity index (χ0v) is 16.3. The number of rotatable bonds is 4. The number of nitrogens with zero attached hydrogens (tertiary/aromatic N) is 1. The van der Waals surface area contributed by atoms with E-state index in [0.717, 1.165) is 29.0 Å². The summed E-state index contributed by atoms with van der Waals surface area (Å²) in [5.41, 5.74) is 2.49. The van der Waals surface area contributed by atoms with Crippen molar-refractivity contribution in [2.45, 2.75) is 13.8 Å². The molecule has 29 heavy (non-hydrogen) atoms. The van der Waals surface area contributed by atoms with Gasteiger partial charge in [-0.1, -0.05) is 18.2 Å². The first-order valence-corrected chi connectivity index (χ1v) is 9.52. The lowest BCUT2D eigenvalue weighted by Crippen LogP contribution is -2.23. The number of amides is 1. The van der Waals surface area contributed by atoms with Crippen LogP contribution in [0.4, 0.5) is 13.9 Å². The maximum Gasteiger partial charge on any atom is 0.298 e. The first kappa shape index (κ1) is 18.9. The number of para-hydroxylation sites is 1. The highest BCUT2D eigenvalue weighted by Gasteiger charge is 2.24. The average molecular weight is 411 g/mol. The minimum absolute atomic E-state index is 0.207. The molecule has 5 nitrogen and oxygen atoms in total. The number of Topliss-reactive ketones (excluding diaryl/α,β-unsaturated/α-hetero) is 1. The highest BCUT2D eigenvalue weighted by molar-refractivity contribution is 7.16. The SMILES string of the molecule is Cc1[nH]c2ccccc2c1C(=O)C(=O)Nc1nc(-c2ccc(F)c(F)c2)c(C)s1. The Morgan fingerprint density at radius 1 is 1.07 bits per heavy atom. The number of thiazole rings is 1. The molecule has 0 radical (unpaired) electrons. The smallest absolute Gasteiger partial charge is 0.298 e. The zero-order valence-electron chi connectivity index (χ0n) is 15.5. The summed E-state index contributed by atoms with van der Waals surface area (Å²) < 4.78 is 26.7. The van der Waals surface area contributed by atoms with Crippen molar-refractivity contribution in [1.82, 2.24) is 9.97 Å². The summed E-state index contributed by atoms with van der Waals surface area (Å²) in [7, 11) is 0. The van der Waals surface area contributed by atoms with Crippen molar-refractivity contribution >= 4 is 39.1 Å². The quantitative estimate of drug-likeness (QED) is 0.366. The molecule has 0 aliphatic rings.